The number of carbonyl (C=O) groups excluding carboxylic acids is 1. The van der Waals surface area contributed by atoms with Crippen molar-refractivity contribution in [1.29, 1.82) is 0 Å². The first-order chi connectivity index (χ1) is 7.99. The van der Waals surface area contributed by atoms with Crippen molar-refractivity contribution >= 4 is 12.0 Å². The summed E-state index contributed by atoms with van der Waals surface area (Å²) in [6.45, 7) is 1.90. The summed E-state index contributed by atoms with van der Waals surface area (Å²) >= 11 is 0. The van der Waals surface area contributed by atoms with Crippen molar-refractivity contribution in [2.24, 2.45) is 0 Å². The van der Waals surface area contributed by atoms with E-state index in [1.54, 1.807) is 32.2 Å². The van der Waals surface area contributed by atoms with Crippen LogP contribution in [0.2, 0.25) is 0 Å². The van der Waals surface area contributed by atoms with Crippen LogP contribution in [0.4, 0.5) is 4.39 Å². The van der Waals surface area contributed by atoms with Gasteiger partial charge in [-0.3, -0.25) is 4.79 Å². The molecule has 4 heteroatoms. The van der Waals surface area contributed by atoms with Crippen LogP contribution in [0.3, 0.4) is 0 Å². The van der Waals surface area contributed by atoms with Gasteiger partial charge in [-0.15, -0.1) is 0 Å². The van der Waals surface area contributed by atoms with Crippen molar-refractivity contribution in [2.45, 2.75) is 13.0 Å². The van der Waals surface area contributed by atoms with E-state index in [2.05, 4.69) is 0 Å². The predicted molar refractivity (Wildman–Crippen MR) is 64.8 cm³/mol. The van der Waals surface area contributed by atoms with Gasteiger partial charge in [0.25, 0.3) is 0 Å². The second kappa shape index (κ2) is 6.15. The van der Waals surface area contributed by atoms with Crippen LogP contribution < -0.4 is 0 Å². The summed E-state index contributed by atoms with van der Waals surface area (Å²) in [6, 6.07) is 5.86. The number of amides is 1. The molecule has 0 aliphatic heterocycles. The van der Waals surface area contributed by atoms with Gasteiger partial charge in [0, 0.05) is 19.7 Å². The molecule has 1 N–H and O–H groups in total. The molecule has 0 heterocycles. The lowest BCUT2D eigenvalue weighted by Crippen LogP contribution is -2.31. The third kappa shape index (κ3) is 4.78. The number of halogens is 1. The summed E-state index contributed by atoms with van der Waals surface area (Å²) in [5.74, 6) is -0.505. The van der Waals surface area contributed by atoms with E-state index in [1.807, 2.05) is 0 Å². The molecule has 0 aliphatic carbocycles. The van der Waals surface area contributed by atoms with Crippen molar-refractivity contribution in [3.63, 3.8) is 0 Å². The highest BCUT2D eigenvalue weighted by Crippen LogP contribution is 2.05. The molecular formula is C13H16FNO2. The zero-order valence-corrected chi connectivity index (χ0v) is 9.93. The molecule has 1 atom stereocenters. The molecule has 0 saturated carbocycles. The number of benzene rings is 1. The molecule has 1 amide bonds. The van der Waals surface area contributed by atoms with Crippen molar-refractivity contribution in [3.8, 4) is 0 Å². The fourth-order valence-corrected chi connectivity index (χ4v) is 1.35. The lowest BCUT2D eigenvalue weighted by atomic mass is 10.2. The first-order valence-electron chi connectivity index (χ1n) is 5.36. The molecule has 1 aromatic carbocycles. The van der Waals surface area contributed by atoms with Gasteiger partial charge >= 0.3 is 0 Å². The average Bonchev–Trinajstić information content (AvgIpc) is 2.27. The standard InChI is InChI=1S/C13H16FNO2/c1-10(16)9-15(2)13(17)8-5-11-3-6-12(14)7-4-11/h3-8,10,16H,9H2,1-2H3/b8-5+. The van der Waals surface area contributed by atoms with Crippen molar-refractivity contribution in [2.75, 3.05) is 13.6 Å². The average molecular weight is 237 g/mol. The summed E-state index contributed by atoms with van der Waals surface area (Å²) in [7, 11) is 1.62. The molecule has 0 spiro atoms. The number of likely N-dealkylation sites (N-methyl/N-ethyl adjacent to an activating group) is 1. The SMILES string of the molecule is CC(O)CN(C)C(=O)/C=C/c1ccc(F)cc1. The molecule has 0 saturated heterocycles. The lowest BCUT2D eigenvalue weighted by molar-refractivity contribution is -0.125. The van der Waals surface area contributed by atoms with E-state index in [0.29, 0.717) is 0 Å². The molecule has 92 valence electrons. The molecule has 1 aromatic rings. The van der Waals surface area contributed by atoms with Gasteiger partial charge in [-0.05, 0) is 30.7 Å². The van der Waals surface area contributed by atoms with Crippen LogP contribution in [-0.4, -0.2) is 35.6 Å². The zero-order chi connectivity index (χ0) is 12.8. The Hall–Kier alpha value is -1.68. The Morgan fingerprint density at radius 1 is 1.47 bits per heavy atom. The molecule has 1 rings (SSSR count). The minimum absolute atomic E-state index is 0.199. The van der Waals surface area contributed by atoms with Crippen LogP contribution >= 0.6 is 0 Å². The Labute approximate surface area is 100 Å². The van der Waals surface area contributed by atoms with Crippen molar-refractivity contribution in [3.05, 3.63) is 41.7 Å². The molecule has 0 bridgehead atoms. The van der Waals surface area contributed by atoms with Gasteiger partial charge in [-0.1, -0.05) is 12.1 Å². The van der Waals surface area contributed by atoms with E-state index in [-0.39, 0.29) is 18.3 Å². The van der Waals surface area contributed by atoms with E-state index in [0.717, 1.165) is 5.56 Å². The number of aliphatic hydroxyl groups is 1. The molecule has 1 unspecified atom stereocenters. The Morgan fingerprint density at radius 3 is 2.59 bits per heavy atom. The van der Waals surface area contributed by atoms with Crippen LogP contribution in [0, 0.1) is 5.82 Å². The minimum Gasteiger partial charge on any atom is -0.392 e. The first kappa shape index (κ1) is 13.4. The molecule has 0 radical (unpaired) electrons. The number of hydrogen-bond acceptors (Lipinski definition) is 2. The molecular weight excluding hydrogens is 221 g/mol. The maximum absolute atomic E-state index is 12.6. The van der Waals surface area contributed by atoms with Crippen molar-refractivity contribution in [1.82, 2.24) is 4.90 Å². The maximum atomic E-state index is 12.6. The quantitative estimate of drug-likeness (QED) is 0.809. The highest BCUT2D eigenvalue weighted by molar-refractivity contribution is 5.91. The number of nitrogens with zero attached hydrogens (tertiary/aromatic N) is 1. The summed E-state index contributed by atoms with van der Waals surface area (Å²) in [5.41, 5.74) is 0.755. The van der Waals surface area contributed by atoms with Gasteiger partial charge < -0.3 is 10.0 Å². The van der Waals surface area contributed by atoms with Gasteiger partial charge in [0.1, 0.15) is 5.82 Å². The Morgan fingerprint density at radius 2 is 2.06 bits per heavy atom. The predicted octanol–water partition coefficient (Wildman–Crippen LogP) is 1.68. The number of carbonyl (C=O) groups is 1. The van der Waals surface area contributed by atoms with Gasteiger partial charge in [-0.2, -0.15) is 0 Å². The van der Waals surface area contributed by atoms with E-state index in [1.165, 1.54) is 23.1 Å². The fourth-order valence-electron chi connectivity index (χ4n) is 1.35. The van der Waals surface area contributed by atoms with Crippen molar-refractivity contribution < 1.29 is 14.3 Å². The second-order valence-corrected chi connectivity index (χ2v) is 3.95. The molecule has 0 aliphatic rings. The number of rotatable bonds is 4. The zero-order valence-electron chi connectivity index (χ0n) is 9.93. The summed E-state index contributed by atoms with van der Waals surface area (Å²) < 4.78 is 12.6. The summed E-state index contributed by atoms with van der Waals surface area (Å²) in [6.07, 6.45) is 2.46. The Balaban J connectivity index is 2.58. The monoisotopic (exact) mass is 237 g/mol. The third-order valence-electron chi connectivity index (χ3n) is 2.20. The normalized spacial score (nSPS) is 12.7. The van der Waals surface area contributed by atoms with E-state index < -0.39 is 6.10 Å². The first-order valence-corrected chi connectivity index (χ1v) is 5.36. The highest BCUT2D eigenvalue weighted by atomic mass is 19.1. The second-order valence-electron chi connectivity index (χ2n) is 3.95. The Kier molecular flexibility index (Phi) is 4.84. The fraction of sp³-hybridized carbons (Fsp3) is 0.308. The van der Waals surface area contributed by atoms with Gasteiger partial charge in [0.15, 0.2) is 0 Å². The Bertz CT molecular complexity index is 398. The van der Waals surface area contributed by atoms with Crippen LogP contribution in [0.1, 0.15) is 12.5 Å². The smallest absolute Gasteiger partial charge is 0.246 e. The number of aliphatic hydroxyl groups excluding tert-OH is 1. The van der Waals surface area contributed by atoms with Crippen LogP contribution in [0.25, 0.3) is 6.08 Å². The van der Waals surface area contributed by atoms with E-state index >= 15 is 0 Å². The van der Waals surface area contributed by atoms with Crippen LogP contribution in [0.15, 0.2) is 30.3 Å². The molecule has 0 aromatic heterocycles. The van der Waals surface area contributed by atoms with Gasteiger partial charge in [-0.25, -0.2) is 4.39 Å². The summed E-state index contributed by atoms with van der Waals surface area (Å²) in [5, 5.41) is 9.13. The van der Waals surface area contributed by atoms with E-state index in [9.17, 15) is 9.18 Å². The van der Waals surface area contributed by atoms with Gasteiger partial charge in [0.05, 0.1) is 6.10 Å². The van der Waals surface area contributed by atoms with Gasteiger partial charge in [0.2, 0.25) is 5.91 Å². The molecule has 0 fully saturated rings. The minimum atomic E-state index is -0.553. The summed E-state index contributed by atoms with van der Waals surface area (Å²) in [4.78, 5) is 13.0. The van der Waals surface area contributed by atoms with Crippen LogP contribution in [0.5, 0.6) is 0 Å². The topological polar surface area (TPSA) is 40.5 Å². The third-order valence-corrected chi connectivity index (χ3v) is 2.20. The molecule has 3 nitrogen and oxygen atoms in total. The largest absolute Gasteiger partial charge is 0.392 e. The molecule has 17 heavy (non-hydrogen) atoms. The van der Waals surface area contributed by atoms with E-state index in [4.69, 9.17) is 5.11 Å². The highest BCUT2D eigenvalue weighted by Gasteiger charge is 2.07. The number of hydrogen-bond donors (Lipinski definition) is 1. The lowest BCUT2D eigenvalue weighted by Gasteiger charge is -2.16. The maximum Gasteiger partial charge on any atom is 0.246 e. The van der Waals surface area contributed by atoms with Crippen LogP contribution in [-0.2, 0) is 4.79 Å².